The molecule has 2 aliphatic heterocycles. The molecule has 0 unspecified atom stereocenters. The lowest BCUT2D eigenvalue weighted by molar-refractivity contribution is -0.142. The number of carbonyl (C=O) groups is 6. The van der Waals surface area contributed by atoms with Gasteiger partial charge in [0.15, 0.2) is 5.69 Å². The van der Waals surface area contributed by atoms with Gasteiger partial charge in [-0.3, -0.25) is 48.4 Å². The lowest BCUT2D eigenvalue weighted by atomic mass is 10.0. The van der Waals surface area contributed by atoms with Crippen LogP contribution >= 0.6 is 0 Å². The summed E-state index contributed by atoms with van der Waals surface area (Å²) in [4.78, 5) is 97.7. The number of carbonyl (C=O) groups excluding carboxylic acids is 3. The van der Waals surface area contributed by atoms with Gasteiger partial charge < -0.3 is 60.8 Å². The van der Waals surface area contributed by atoms with Crippen molar-refractivity contribution in [3.8, 4) is 23.0 Å². The van der Waals surface area contributed by atoms with Gasteiger partial charge in [0.25, 0.3) is 5.91 Å². The predicted octanol–water partition coefficient (Wildman–Crippen LogP) is 1.18. The second kappa shape index (κ2) is 33.3. The molecule has 3 amide bonds. The van der Waals surface area contributed by atoms with E-state index in [-0.39, 0.29) is 149 Å². The topological polar surface area (TPSA) is 316 Å². The van der Waals surface area contributed by atoms with Gasteiger partial charge in [-0.1, -0.05) is 6.92 Å². The molecule has 2 saturated heterocycles. The average Bonchev–Trinajstić information content (AvgIpc) is 3.63. The molecule has 3 atom stereocenters. The van der Waals surface area contributed by atoms with Gasteiger partial charge in [-0.25, -0.2) is 15.0 Å². The third kappa shape index (κ3) is 21.8. The summed E-state index contributed by atoms with van der Waals surface area (Å²) in [5, 5.41) is 58.7. The Morgan fingerprint density at radius 2 is 1.29 bits per heavy atom. The summed E-state index contributed by atoms with van der Waals surface area (Å²) < 4.78 is 53.5. The number of halogens is 3. The van der Waals surface area contributed by atoms with Gasteiger partial charge in [0.2, 0.25) is 23.6 Å². The van der Waals surface area contributed by atoms with Crippen LogP contribution in [0.3, 0.4) is 0 Å². The molecule has 25 nitrogen and oxygen atoms in total. The van der Waals surface area contributed by atoms with Crippen molar-refractivity contribution in [2.45, 2.75) is 83.8 Å². The smallest absolute Gasteiger partial charge is 0.434 e. The number of aliphatic carboxylic acids is 3. The summed E-state index contributed by atoms with van der Waals surface area (Å²) in [7, 11) is 0. The van der Waals surface area contributed by atoms with Crippen LogP contribution in [0, 0.1) is 0 Å². The van der Waals surface area contributed by atoms with E-state index in [1.807, 2.05) is 32.0 Å². The minimum absolute atomic E-state index is 0.0456. The maximum absolute atomic E-state index is 14.2. The third-order valence-electron chi connectivity index (χ3n) is 13.8. The zero-order valence-electron chi connectivity index (χ0n) is 46.8. The van der Waals surface area contributed by atoms with Gasteiger partial charge in [0.05, 0.1) is 86.2 Å². The molecule has 0 radical (unpaired) electrons. The summed E-state index contributed by atoms with van der Waals surface area (Å²) in [5.41, 5.74) is 0.813. The number of nitrogens with one attached hydrogen (secondary N) is 3. The van der Waals surface area contributed by atoms with Crippen LogP contribution in [0.1, 0.15) is 74.6 Å². The summed E-state index contributed by atoms with van der Waals surface area (Å²) >= 11 is 0. The molecular formula is C54H79F3N12O13. The number of piperazine rings is 1. The number of aliphatic hydroxyl groups is 2. The second-order valence-electron chi connectivity index (χ2n) is 20.0. The molecule has 0 aliphatic carbocycles. The Morgan fingerprint density at radius 3 is 1.87 bits per heavy atom. The van der Waals surface area contributed by atoms with Gasteiger partial charge in [-0.2, -0.15) is 13.2 Å². The van der Waals surface area contributed by atoms with Crippen molar-refractivity contribution < 1.29 is 76.9 Å². The number of nitrogens with zero attached hydrogens (tertiary/aromatic N) is 9. The van der Waals surface area contributed by atoms with E-state index in [9.17, 15) is 67.5 Å². The molecule has 454 valence electrons. The Hall–Kier alpha value is -6.82. The molecule has 0 aromatic carbocycles. The largest absolute Gasteiger partial charge is 0.480 e. The minimum Gasteiger partial charge on any atom is -0.480 e. The normalized spacial score (nSPS) is 17.2. The number of anilines is 1. The molecule has 28 heteroatoms. The van der Waals surface area contributed by atoms with Crippen molar-refractivity contribution in [2.24, 2.45) is 0 Å². The quantitative estimate of drug-likeness (QED) is 0.0453. The van der Waals surface area contributed by atoms with E-state index in [1.165, 1.54) is 11.0 Å². The average molecular weight is 1160 g/mol. The molecule has 8 N–H and O–H groups in total. The summed E-state index contributed by atoms with van der Waals surface area (Å²) in [6.45, 7) is 8.38. The molecule has 3 aromatic heterocycles. The zero-order chi connectivity index (χ0) is 59.8. The van der Waals surface area contributed by atoms with Crippen LogP contribution in [0.4, 0.5) is 18.9 Å². The Labute approximate surface area is 474 Å². The van der Waals surface area contributed by atoms with Gasteiger partial charge in [0.1, 0.15) is 0 Å². The van der Waals surface area contributed by atoms with Crippen LogP contribution in [0.2, 0.25) is 0 Å². The minimum atomic E-state index is -4.89. The molecule has 5 heterocycles. The van der Waals surface area contributed by atoms with Crippen LogP contribution in [-0.2, 0) is 36.7 Å². The number of alkyl halides is 3. The SMILES string of the molecule is CCOc1ccc(C(=O)N2CCN(c3ccc(-c4cccnc4OCC)nc3CNCCCNC(=O)C[C@H](O)C[C@H](O)CCNC(=O)CN3CCN(CC(=O)O)CCN(CC(=O)O)CCN(CC(=O)O)CC3)[C@H](CC)C2)c(C(F)(F)F)n1. The fraction of sp³-hybridized carbons (Fsp3) is 0.611. The number of ether oxygens (including phenoxy) is 2. The predicted molar refractivity (Wildman–Crippen MR) is 293 cm³/mol. The first kappa shape index (κ1) is 66.0. The summed E-state index contributed by atoms with van der Waals surface area (Å²) in [6.07, 6.45) is -4.82. The highest BCUT2D eigenvalue weighted by Crippen LogP contribution is 2.35. The highest BCUT2D eigenvalue weighted by molar-refractivity contribution is 5.96. The standard InChI is InChI=1S/C54H79F3N12O13/c1-4-37-32-68(53(80)41-10-13-47(81-5-2)63-51(41)54(55,56)57)27-28-69(37)44-12-11-42(40-9-7-16-61-52(40)82-6-3)62-43(44)31-58-15-8-17-59-45(72)30-39(71)29-38(70)14-18-60-46(73)33-64-19-21-65(34-48(74)75)23-25-67(36-50(78)79)26-24-66(22-20-64)35-49(76)77/h7,9-13,16,37-39,58,70-71H,4-6,8,14-15,17-36H2,1-3H3,(H,59,72)(H,60,73)(H,74,75)(H,76,77)(H,78,79)/t37-,38-,39-/m1/s1. The molecule has 2 aliphatic rings. The molecule has 3 aromatic rings. The molecule has 0 saturated carbocycles. The number of carboxylic acids is 3. The molecular weight excluding hydrogens is 1080 g/mol. The van der Waals surface area contributed by atoms with Gasteiger partial charge in [-0.05, 0) is 76.4 Å². The fourth-order valence-corrected chi connectivity index (χ4v) is 9.68. The van der Waals surface area contributed by atoms with E-state index in [0.717, 1.165) is 11.8 Å². The van der Waals surface area contributed by atoms with Crippen LogP contribution in [0.5, 0.6) is 11.8 Å². The van der Waals surface area contributed by atoms with Crippen molar-refractivity contribution in [3.05, 3.63) is 59.5 Å². The van der Waals surface area contributed by atoms with Gasteiger partial charge in [0, 0.05) is 110 Å². The highest BCUT2D eigenvalue weighted by Gasteiger charge is 2.40. The Bertz CT molecular complexity index is 2540. The van der Waals surface area contributed by atoms with Crippen LogP contribution in [-0.4, -0.2) is 250 Å². The van der Waals surface area contributed by atoms with Crippen molar-refractivity contribution in [1.82, 2.24) is 55.4 Å². The lowest BCUT2D eigenvalue weighted by Crippen LogP contribution is -2.55. The van der Waals surface area contributed by atoms with Crippen molar-refractivity contribution >= 4 is 41.3 Å². The Balaban J connectivity index is 1.10. The van der Waals surface area contributed by atoms with Crippen LogP contribution in [0.25, 0.3) is 11.3 Å². The second-order valence-corrected chi connectivity index (χ2v) is 20.0. The van der Waals surface area contributed by atoms with Crippen molar-refractivity contribution in [3.63, 3.8) is 0 Å². The highest BCUT2D eigenvalue weighted by atomic mass is 19.4. The molecule has 5 rings (SSSR count). The third-order valence-corrected chi connectivity index (χ3v) is 13.8. The van der Waals surface area contributed by atoms with Crippen molar-refractivity contribution in [2.75, 3.05) is 136 Å². The van der Waals surface area contributed by atoms with E-state index >= 15 is 0 Å². The summed E-state index contributed by atoms with van der Waals surface area (Å²) in [5.74, 6) is -4.64. The zero-order valence-corrected chi connectivity index (χ0v) is 46.8. The number of rotatable bonds is 29. The van der Waals surface area contributed by atoms with Crippen molar-refractivity contribution in [1.29, 1.82) is 0 Å². The Kier molecular flexibility index (Phi) is 26.8. The maximum Gasteiger partial charge on any atom is 0.434 e. The van der Waals surface area contributed by atoms with Crippen LogP contribution < -0.4 is 30.3 Å². The molecule has 0 spiro atoms. The van der Waals surface area contributed by atoms with Crippen LogP contribution in [0.15, 0.2) is 42.6 Å². The number of pyridine rings is 3. The number of aromatic nitrogens is 3. The number of amides is 3. The van der Waals surface area contributed by atoms with E-state index in [0.29, 0.717) is 55.4 Å². The molecule has 82 heavy (non-hydrogen) atoms. The van der Waals surface area contributed by atoms with Gasteiger partial charge in [-0.15, -0.1) is 0 Å². The van der Waals surface area contributed by atoms with Gasteiger partial charge >= 0.3 is 24.1 Å². The van der Waals surface area contributed by atoms with E-state index < -0.39 is 65.3 Å². The number of carboxylic acid groups (broad SMARTS) is 3. The first-order valence-corrected chi connectivity index (χ1v) is 27.7. The first-order valence-electron chi connectivity index (χ1n) is 27.7. The molecule has 0 bridgehead atoms. The van der Waals surface area contributed by atoms with E-state index in [4.69, 9.17) is 14.5 Å². The van der Waals surface area contributed by atoms with E-state index in [2.05, 4.69) is 30.8 Å². The van der Waals surface area contributed by atoms with E-state index in [1.54, 1.807) is 38.8 Å². The fourth-order valence-electron chi connectivity index (χ4n) is 9.68. The number of hydrogen-bond acceptors (Lipinski definition) is 19. The maximum atomic E-state index is 14.2. The lowest BCUT2D eigenvalue weighted by Gasteiger charge is -2.43. The molecule has 2 fully saturated rings. The summed E-state index contributed by atoms with van der Waals surface area (Å²) in [6, 6.07) is 9.47. The number of aliphatic hydroxyl groups excluding tert-OH is 2. The monoisotopic (exact) mass is 1160 g/mol. The first-order chi connectivity index (χ1) is 39.2. The number of hydrogen-bond donors (Lipinski definition) is 8. The Morgan fingerprint density at radius 1 is 0.695 bits per heavy atom.